The van der Waals surface area contributed by atoms with Gasteiger partial charge in [-0.3, -0.25) is 9.78 Å². The van der Waals surface area contributed by atoms with Crippen LogP contribution in [0, 0.1) is 5.92 Å². The highest BCUT2D eigenvalue weighted by molar-refractivity contribution is 5.70. The first kappa shape index (κ1) is 13.9. The second kappa shape index (κ2) is 4.77. The average Bonchev–Trinajstić information content (AvgIpc) is 2.91. The molecule has 2 aromatic heterocycles. The van der Waals surface area contributed by atoms with Crippen molar-refractivity contribution in [3.8, 4) is 0 Å². The second-order valence-corrected chi connectivity index (χ2v) is 5.08. The highest BCUT2D eigenvalue weighted by Gasteiger charge is 2.49. The van der Waals surface area contributed by atoms with Crippen molar-refractivity contribution in [1.82, 2.24) is 19.5 Å². The Bertz CT molecular complexity index is 727. The minimum Gasteiger partial charge on any atom is -0.396 e. The summed E-state index contributed by atoms with van der Waals surface area (Å²) in [6.45, 7) is -0.487. The van der Waals surface area contributed by atoms with Crippen LogP contribution in [0.5, 0.6) is 0 Å². The predicted molar refractivity (Wildman–Crippen MR) is 70.2 cm³/mol. The van der Waals surface area contributed by atoms with Crippen LogP contribution in [0.15, 0.2) is 11.1 Å². The Kier molecular flexibility index (Phi) is 3.17. The topological polar surface area (TPSA) is 171 Å². The molecule has 0 amide bonds. The maximum atomic E-state index is 11.7. The maximum absolute atomic E-state index is 11.7. The molecule has 2 aromatic rings. The number of nitrogens with two attached hydrogens (primary N) is 1. The third-order valence-corrected chi connectivity index (χ3v) is 3.91. The number of anilines is 1. The van der Waals surface area contributed by atoms with E-state index in [0.717, 1.165) is 0 Å². The van der Waals surface area contributed by atoms with Gasteiger partial charge >= 0.3 is 0 Å². The van der Waals surface area contributed by atoms with Crippen LogP contribution in [-0.4, -0.2) is 64.9 Å². The minimum atomic E-state index is -1.34. The van der Waals surface area contributed by atoms with Crippen molar-refractivity contribution in [2.45, 2.75) is 24.4 Å². The van der Waals surface area contributed by atoms with E-state index in [2.05, 4.69) is 15.0 Å². The summed E-state index contributed by atoms with van der Waals surface area (Å²) in [5.74, 6) is -1.03. The Hall–Kier alpha value is -2.01. The number of fused-ring (bicyclic) bond motifs is 1. The summed E-state index contributed by atoms with van der Waals surface area (Å²) in [7, 11) is 0. The van der Waals surface area contributed by atoms with Crippen molar-refractivity contribution >= 4 is 17.1 Å². The monoisotopic (exact) mass is 297 g/mol. The zero-order valence-corrected chi connectivity index (χ0v) is 10.8. The molecule has 10 nitrogen and oxygen atoms in total. The van der Waals surface area contributed by atoms with Gasteiger partial charge in [-0.15, -0.1) is 0 Å². The van der Waals surface area contributed by atoms with Crippen molar-refractivity contribution in [3.05, 3.63) is 16.7 Å². The highest BCUT2D eigenvalue weighted by Crippen LogP contribution is 2.36. The van der Waals surface area contributed by atoms with Gasteiger partial charge in [0.05, 0.1) is 31.2 Å². The first-order valence-corrected chi connectivity index (χ1v) is 6.33. The second-order valence-electron chi connectivity index (χ2n) is 5.08. The number of imidazole rings is 1. The standard InChI is InChI=1S/C11H15N5O5/c12-11-14-9-4(10(21)15-11)13-2-16(9)5-6(18)3(1-17)7(19)8(5)20/h2-3,5-8,17-20H,1H2,(H3,12,14,15,21)/t3-,5+,6+,7?,8?/m1/s1. The van der Waals surface area contributed by atoms with Crippen molar-refractivity contribution < 1.29 is 20.4 Å². The Morgan fingerprint density at radius 2 is 2.00 bits per heavy atom. The molecule has 114 valence electrons. The van der Waals surface area contributed by atoms with Gasteiger partial charge in [0, 0.05) is 5.92 Å². The average molecular weight is 297 g/mol. The van der Waals surface area contributed by atoms with Crippen molar-refractivity contribution in [1.29, 1.82) is 0 Å². The molecule has 21 heavy (non-hydrogen) atoms. The summed E-state index contributed by atoms with van der Waals surface area (Å²) in [5, 5.41) is 39.3. The van der Waals surface area contributed by atoms with Gasteiger partial charge in [-0.1, -0.05) is 0 Å². The quantitative estimate of drug-likeness (QED) is 0.339. The smallest absolute Gasteiger partial charge is 0.280 e. The summed E-state index contributed by atoms with van der Waals surface area (Å²) in [6.07, 6.45) is -2.63. The molecular weight excluding hydrogens is 282 g/mol. The van der Waals surface area contributed by atoms with E-state index < -0.39 is 42.4 Å². The molecule has 1 aliphatic rings. The molecule has 0 aromatic carbocycles. The number of aliphatic hydroxyl groups excluding tert-OH is 4. The number of hydrogen-bond acceptors (Lipinski definition) is 8. The minimum absolute atomic E-state index is 0.00513. The Morgan fingerprint density at radius 1 is 1.29 bits per heavy atom. The van der Waals surface area contributed by atoms with Crippen LogP contribution in [0.1, 0.15) is 6.04 Å². The summed E-state index contributed by atoms with van der Waals surface area (Å²) in [5.41, 5.74) is 5.03. The van der Waals surface area contributed by atoms with Crippen molar-refractivity contribution in [2.24, 2.45) is 5.92 Å². The molecule has 7 N–H and O–H groups in total. The molecule has 1 aliphatic carbocycles. The molecule has 0 spiro atoms. The van der Waals surface area contributed by atoms with Crippen LogP contribution in [0.4, 0.5) is 5.95 Å². The molecular formula is C11H15N5O5. The van der Waals surface area contributed by atoms with E-state index in [4.69, 9.17) is 5.73 Å². The molecule has 2 heterocycles. The number of H-pyrrole nitrogens is 1. The number of aliphatic hydroxyl groups is 4. The van der Waals surface area contributed by atoms with Crippen LogP contribution >= 0.6 is 0 Å². The lowest BCUT2D eigenvalue weighted by Crippen LogP contribution is -2.30. The summed E-state index contributed by atoms with van der Waals surface area (Å²) in [4.78, 5) is 21.8. The lowest BCUT2D eigenvalue weighted by Gasteiger charge is -2.21. The van der Waals surface area contributed by atoms with Gasteiger partial charge in [0.15, 0.2) is 11.2 Å². The third kappa shape index (κ3) is 1.92. The normalized spacial score (nSPS) is 32.9. The SMILES string of the molecule is Nc1nc2c(ncn2[C@@H]2C(O)C(O)[C@H](CO)[C@@H]2O)c(=O)[nH]1. The first-order chi connectivity index (χ1) is 9.95. The number of aromatic amines is 1. The fourth-order valence-corrected chi connectivity index (χ4v) is 2.82. The lowest BCUT2D eigenvalue weighted by atomic mass is 10.0. The fraction of sp³-hybridized carbons (Fsp3) is 0.545. The van der Waals surface area contributed by atoms with Gasteiger partial charge in [0.25, 0.3) is 5.56 Å². The summed E-state index contributed by atoms with van der Waals surface area (Å²) < 4.78 is 1.29. The van der Waals surface area contributed by atoms with Crippen LogP contribution in [0.3, 0.4) is 0 Å². The van der Waals surface area contributed by atoms with Crippen LogP contribution < -0.4 is 11.3 Å². The summed E-state index contributed by atoms with van der Waals surface area (Å²) >= 11 is 0. The fourth-order valence-electron chi connectivity index (χ4n) is 2.82. The maximum Gasteiger partial charge on any atom is 0.280 e. The third-order valence-electron chi connectivity index (χ3n) is 3.91. The van der Waals surface area contributed by atoms with Crippen LogP contribution in [0.25, 0.3) is 11.2 Å². The number of nitrogens with one attached hydrogen (secondary N) is 1. The largest absolute Gasteiger partial charge is 0.396 e. The van der Waals surface area contributed by atoms with E-state index in [9.17, 15) is 25.2 Å². The van der Waals surface area contributed by atoms with Crippen LogP contribution in [0.2, 0.25) is 0 Å². The number of rotatable bonds is 2. The molecule has 1 fully saturated rings. The molecule has 1 saturated carbocycles. The molecule has 0 radical (unpaired) electrons. The molecule has 10 heteroatoms. The van der Waals surface area contributed by atoms with Gasteiger partial charge in [0.2, 0.25) is 5.95 Å². The van der Waals surface area contributed by atoms with Gasteiger partial charge in [0.1, 0.15) is 6.10 Å². The number of nitrogens with zero attached hydrogens (tertiary/aromatic N) is 3. The summed E-state index contributed by atoms with van der Waals surface area (Å²) in [6, 6.07) is -0.990. The Balaban J connectivity index is 2.15. The molecule has 3 rings (SSSR count). The molecule has 2 unspecified atom stereocenters. The van der Waals surface area contributed by atoms with E-state index in [1.54, 1.807) is 0 Å². The van der Waals surface area contributed by atoms with Gasteiger partial charge in [-0.25, -0.2) is 4.98 Å². The van der Waals surface area contributed by atoms with E-state index in [0.29, 0.717) is 0 Å². The van der Waals surface area contributed by atoms with Crippen molar-refractivity contribution in [2.75, 3.05) is 12.3 Å². The number of nitrogen functional groups attached to an aromatic ring is 1. The number of hydrogen-bond donors (Lipinski definition) is 6. The molecule has 0 saturated heterocycles. The van der Waals surface area contributed by atoms with E-state index in [1.165, 1.54) is 10.9 Å². The highest BCUT2D eigenvalue weighted by atomic mass is 16.3. The predicted octanol–water partition coefficient (Wildman–Crippen LogP) is -3.05. The Morgan fingerprint density at radius 3 is 2.62 bits per heavy atom. The molecule has 0 aliphatic heterocycles. The van der Waals surface area contributed by atoms with E-state index in [-0.39, 0.29) is 17.1 Å². The van der Waals surface area contributed by atoms with Gasteiger partial charge in [-0.2, -0.15) is 4.98 Å². The van der Waals surface area contributed by atoms with E-state index in [1.807, 2.05) is 0 Å². The lowest BCUT2D eigenvalue weighted by molar-refractivity contribution is -0.00782. The zero-order chi connectivity index (χ0) is 15.3. The molecule has 0 bridgehead atoms. The van der Waals surface area contributed by atoms with Crippen LogP contribution in [-0.2, 0) is 0 Å². The number of aromatic nitrogens is 4. The van der Waals surface area contributed by atoms with Gasteiger partial charge < -0.3 is 30.7 Å². The molecule has 5 atom stereocenters. The van der Waals surface area contributed by atoms with Gasteiger partial charge in [-0.05, 0) is 0 Å². The van der Waals surface area contributed by atoms with Crippen molar-refractivity contribution in [3.63, 3.8) is 0 Å². The van der Waals surface area contributed by atoms with E-state index >= 15 is 0 Å². The first-order valence-electron chi connectivity index (χ1n) is 6.33. The zero-order valence-electron chi connectivity index (χ0n) is 10.8. The Labute approximate surface area is 117 Å².